The van der Waals surface area contributed by atoms with E-state index in [2.05, 4.69) is 15.3 Å². The molecule has 3 aromatic rings. The zero-order valence-electron chi connectivity index (χ0n) is 17.4. The minimum atomic E-state index is -0.706. The van der Waals surface area contributed by atoms with Crippen LogP contribution in [0, 0.1) is 11.7 Å². The zero-order chi connectivity index (χ0) is 23.1. The van der Waals surface area contributed by atoms with Crippen molar-refractivity contribution in [2.75, 3.05) is 32.2 Å². The average Bonchev–Trinajstić information content (AvgIpc) is 3.40. The molecule has 1 aromatic heterocycles. The summed E-state index contributed by atoms with van der Waals surface area (Å²) in [5.74, 6) is -0.256. The fraction of sp³-hybridized carbons (Fsp3) is 0.364. The third-order valence-corrected chi connectivity index (χ3v) is 6.65. The fourth-order valence-electron chi connectivity index (χ4n) is 4.12. The molecule has 2 fully saturated rings. The van der Waals surface area contributed by atoms with Crippen LogP contribution in [0.3, 0.4) is 0 Å². The molecule has 4 atom stereocenters. The van der Waals surface area contributed by atoms with Gasteiger partial charge in [0.05, 0.1) is 47.2 Å². The van der Waals surface area contributed by atoms with E-state index in [9.17, 15) is 9.50 Å². The summed E-state index contributed by atoms with van der Waals surface area (Å²) < 4.78 is 37.4. The number of methoxy groups -OCH3 is 1. The molecule has 2 aromatic carbocycles. The van der Waals surface area contributed by atoms with Gasteiger partial charge in [-0.3, -0.25) is 0 Å². The minimum Gasteiger partial charge on any atom is -0.504 e. The molecular formula is C22H20Cl2FN3O5. The lowest BCUT2D eigenvalue weighted by Crippen LogP contribution is -2.32. The van der Waals surface area contributed by atoms with Gasteiger partial charge in [0.1, 0.15) is 24.4 Å². The molecule has 3 heterocycles. The Bertz CT molecular complexity index is 1200. The maximum Gasteiger partial charge on any atom is 0.166 e. The highest BCUT2D eigenvalue weighted by molar-refractivity contribution is 6.42. The molecule has 174 valence electrons. The zero-order valence-corrected chi connectivity index (χ0v) is 18.9. The third kappa shape index (κ3) is 4.15. The predicted octanol–water partition coefficient (Wildman–Crippen LogP) is 4.33. The molecule has 8 nitrogen and oxygen atoms in total. The Kier molecular flexibility index (Phi) is 6.15. The van der Waals surface area contributed by atoms with E-state index in [0.717, 1.165) is 0 Å². The summed E-state index contributed by atoms with van der Waals surface area (Å²) in [5, 5.41) is 13.8. The van der Waals surface area contributed by atoms with Crippen LogP contribution in [-0.2, 0) is 14.2 Å². The Balaban J connectivity index is 1.35. The maximum absolute atomic E-state index is 14.5. The summed E-state index contributed by atoms with van der Waals surface area (Å²) in [6, 6.07) is 5.99. The summed E-state index contributed by atoms with van der Waals surface area (Å²) in [4.78, 5) is 8.41. The summed E-state index contributed by atoms with van der Waals surface area (Å²) in [5.41, 5.74) is 0.587. The van der Waals surface area contributed by atoms with Crippen LogP contribution < -0.4 is 10.1 Å². The number of phenols is 1. The van der Waals surface area contributed by atoms with E-state index in [-0.39, 0.29) is 57.3 Å². The van der Waals surface area contributed by atoms with Crippen LogP contribution >= 0.6 is 23.2 Å². The van der Waals surface area contributed by atoms with Crippen LogP contribution in [0.1, 0.15) is 0 Å². The van der Waals surface area contributed by atoms with Crippen molar-refractivity contribution < 1.29 is 28.4 Å². The van der Waals surface area contributed by atoms with E-state index in [0.29, 0.717) is 30.7 Å². The number of halogens is 3. The molecule has 0 spiro atoms. The first kappa shape index (κ1) is 22.4. The van der Waals surface area contributed by atoms with Crippen molar-refractivity contribution in [2.24, 2.45) is 5.92 Å². The van der Waals surface area contributed by atoms with Crippen LogP contribution in [0.15, 0.2) is 30.6 Å². The molecule has 33 heavy (non-hydrogen) atoms. The SMILES string of the molecule is CO[C@H]1CO[C@@H]2C(COc3cc4ncnc(Nc5ccc(Cl)c(Cl)c5F)c4cc3O)CO[C@H]12. The highest BCUT2D eigenvalue weighted by Gasteiger charge is 2.48. The Morgan fingerprint density at radius 1 is 1.18 bits per heavy atom. The van der Waals surface area contributed by atoms with E-state index < -0.39 is 5.82 Å². The summed E-state index contributed by atoms with van der Waals surface area (Å²) in [7, 11) is 1.64. The Labute approximate surface area is 198 Å². The molecule has 2 N–H and O–H groups in total. The molecule has 5 rings (SSSR count). The molecule has 2 saturated heterocycles. The van der Waals surface area contributed by atoms with E-state index in [1.165, 1.54) is 24.5 Å². The number of hydrogen-bond donors (Lipinski definition) is 2. The normalized spacial score (nSPS) is 24.2. The van der Waals surface area contributed by atoms with Crippen molar-refractivity contribution in [2.45, 2.75) is 18.3 Å². The van der Waals surface area contributed by atoms with Gasteiger partial charge in [-0.05, 0) is 18.2 Å². The van der Waals surface area contributed by atoms with Gasteiger partial charge in [-0.1, -0.05) is 23.2 Å². The minimum absolute atomic E-state index is 0.00509. The second-order valence-electron chi connectivity index (χ2n) is 7.85. The number of aromatic nitrogens is 2. The number of nitrogens with zero attached hydrogens (tertiary/aromatic N) is 2. The monoisotopic (exact) mass is 495 g/mol. The van der Waals surface area contributed by atoms with Gasteiger partial charge in [0.25, 0.3) is 0 Å². The van der Waals surface area contributed by atoms with Crippen molar-refractivity contribution in [3.63, 3.8) is 0 Å². The lowest BCUT2D eigenvalue weighted by Gasteiger charge is -2.17. The van der Waals surface area contributed by atoms with Crippen molar-refractivity contribution in [3.05, 3.63) is 46.5 Å². The third-order valence-electron chi connectivity index (χ3n) is 5.87. The van der Waals surface area contributed by atoms with E-state index >= 15 is 0 Å². The fourth-order valence-corrected chi connectivity index (χ4v) is 4.43. The van der Waals surface area contributed by atoms with Gasteiger partial charge in [0.2, 0.25) is 0 Å². The first-order valence-electron chi connectivity index (χ1n) is 10.2. The molecule has 11 heteroatoms. The van der Waals surface area contributed by atoms with Crippen LogP contribution in [0.4, 0.5) is 15.9 Å². The van der Waals surface area contributed by atoms with Crippen molar-refractivity contribution in [1.82, 2.24) is 9.97 Å². The molecule has 0 amide bonds. The van der Waals surface area contributed by atoms with Gasteiger partial charge >= 0.3 is 0 Å². The lowest BCUT2D eigenvalue weighted by atomic mass is 10.0. The number of benzene rings is 2. The number of anilines is 2. The second kappa shape index (κ2) is 9.08. The Morgan fingerprint density at radius 2 is 2.00 bits per heavy atom. The van der Waals surface area contributed by atoms with Crippen molar-refractivity contribution in [1.29, 1.82) is 0 Å². The maximum atomic E-state index is 14.5. The first-order valence-corrected chi connectivity index (χ1v) is 11.0. The van der Waals surface area contributed by atoms with Gasteiger partial charge in [0, 0.05) is 24.5 Å². The van der Waals surface area contributed by atoms with Crippen LogP contribution in [0.25, 0.3) is 10.9 Å². The number of hydrogen-bond acceptors (Lipinski definition) is 8. The number of fused-ring (bicyclic) bond motifs is 2. The highest BCUT2D eigenvalue weighted by Crippen LogP contribution is 2.37. The topological polar surface area (TPSA) is 95.0 Å². The molecule has 1 unspecified atom stereocenters. The van der Waals surface area contributed by atoms with Crippen LogP contribution in [-0.4, -0.2) is 60.3 Å². The van der Waals surface area contributed by atoms with Crippen LogP contribution in [0.5, 0.6) is 11.5 Å². The van der Waals surface area contributed by atoms with Gasteiger partial charge in [-0.25, -0.2) is 14.4 Å². The standard InChI is InChI=1S/C22H20Cl2FN3O5/c1-30-17-8-33-20-10(7-32-21(17)20)6-31-16-5-14-11(4-15(16)29)22(27-9-26-14)28-13-3-2-12(23)18(24)19(13)25/h2-5,9-10,17,20-21,29H,6-8H2,1H3,(H,26,27,28)/t10?,17-,20+,21+/m0/s1. The smallest absolute Gasteiger partial charge is 0.166 e. The number of nitrogens with one attached hydrogen (secondary N) is 1. The average molecular weight is 496 g/mol. The number of ether oxygens (including phenoxy) is 4. The lowest BCUT2D eigenvalue weighted by molar-refractivity contribution is -0.0104. The number of rotatable bonds is 6. The first-order chi connectivity index (χ1) is 16.0. The predicted molar refractivity (Wildman–Crippen MR) is 120 cm³/mol. The van der Waals surface area contributed by atoms with E-state index in [1.54, 1.807) is 13.2 Å². The van der Waals surface area contributed by atoms with Gasteiger partial charge in [-0.2, -0.15) is 0 Å². The van der Waals surface area contributed by atoms with Crippen molar-refractivity contribution in [3.8, 4) is 11.5 Å². The Hall–Kier alpha value is -2.43. The summed E-state index contributed by atoms with van der Waals surface area (Å²) in [6.45, 7) is 1.26. The second-order valence-corrected chi connectivity index (χ2v) is 8.63. The number of phenolic OH excluding ortho intramolecular Hbond substituents is 1. The molecule has 2 aliphatic heterocycles. The molecular weight excluding hydrogens is 476 g/mol. The molecule has 0 radical (unpaired) electrons. The van der Waals surface area contributed by atoms with Gasteiger partial charge in [0.15, 0.2) is 17.3 Å². The highest BCUT2D eigenvalue weighted by atomic mass is 35.5. The molecule has 0 aliphatic carbocycles. The number of aromatic hydroxyl groups is 1. The van der Waals surface area contributed by atoms with Gasteiger partial charge < -0.3 is 29.4 Å². The molecule has 0 saturated carbocycles. The van der Waals surface area contributed by atoms with Crippen molar-refractivity contribution >= 4 is 45.6 Å². The largest absolute Gasteiger partial charge is 0.504 e. The summed E-state index contributed by atoms with van der Waals surface area (Å²) >= 11 is 11.7. The van der Waals surface area contributed by atoms with E-state index in [1.807, 2.05) is 0 Å². The van der Waals surface area contributed by atoms with Gasteiger partial charge in [-0.15, -0.1) is 0 Å². The molecule has 0 bridgehead atoms. The summed E-state index contributed by atoms with van der Waals surface area (Å²) in [6.07, 6.45) is 1.01. The Morgan fingerprint density at radius 3 is 2.82 bits per heavy atom. The van der Waals surface area contributed by atoms with Crippen LogP contribution in [0.2, 0.25) is 10.0 Å². The quantitative estimate of drug-likeness (QED) is 0.487. The van der Waals surface area contributed by atoms with E-state index in [4.69, 9.17) is 42.1 Å². The molecule has 2 aliphatic rings.